The van der Waals surface area contributed by atoms with Crippen LogP contribution in [0.4, 0.5) is 5.69 Å². The number of benzene rings is 1. The number of hydrogen-bond donors (Lipinski definition) is 0. The molecule has 1 aromatic carbocycles. The van der Waals surface area contributed by atoms with Crippen LogP contribution in [-0.4, -0.2) is 32.2 Å². The lowest BCUT2D eigenvalue weighted by Crippen LogP contribution is -2.20. The van der Waals surface area contributed by atoms with Gasteiger partial charge in [0, 0.05) is 13.1 Å². The quantitative estimate of drug-likeness (QED) is 0.790. The first kappa shape index (κ1) is 14.8. The van der Waals surface area contributed by atoms with Gasteiger partial charge >= 0.3 is 5.97 Å². The van der Waals surface area contributed by atoms with E-state index in [4.69, 9.17) is 9.47 Å². The number of pyridine rings is 1. The van der Waals surface area contributed by atoms with Crippen LogP contribution < -0.4 is 9.64 Å². The molecule has 0 saturated heterocycles. The zero-order chi connectivity index (χ0) is 15.2. The highest BCUT2D eigenvalue weighted by atomic mass is 16.5. The van der Waals surface area contributed by atoms with E-state index in [1.165, 1.54) is 7.11 Å². The van der Waals surface area contributed by atoms with Crippen molar-refractivity contribution in [1.82, 2.24) is 4.98 Å². The third-order valence-electron chi connectivity index (χ3n) is 3.11. The normalized spacial score (nSPS) is 10.0. The van der Waals surface area contributed by atoms with Gasteiger partial charge in [0.2, 0.25) is 5.88 Å². The number of hydrogen-bond acceptors (Lipinski definition) is 5. The molecule has 2 aromatic rings. The average Bonchev–Trinajstić information content (AvgIpc) is 2.54. The molecular weight excluding hydrogens is 268 g/mol. The number of esters is 1. The van der Waals surface area contributed by atoms with Gasteiger partial charge in [-0.1, -0.05) is 18.2 Å². The number of nitrogens with zero attached hydrogens (tertiary/aromatic N) is 2. The van der Waals surface area contributed by atoms with Gasteiger partial charge in [0.25, 0.3) is 0 Å². The van der Waals surface area contributed by atoms with E-state index in [9.17, 15) is 4.79 Å². The molecule has 0 bridgehead atoms. The molecule has 0 fully saturated rings. The Hall–Kier alpha value is -2.56. The number of para-hydroxylation sites is 1. The number of carbonyl (C=O) groups is 1. The van der Waals surface area contributed by atoms with Gasteiger partial charge in [-0.3, -0.25) is 0 Å². The Morgan fingerprint density at radius 1 is 1.14 bits per heavy atom. The van der Waals surface area contributed by atoms with E-state index in [1.54, 1.807) is 19.2 Å². The van der Waals surface area contributed by atoms with Crippen LogP contribution in [0.1, 0.15) is 16.1 Å². The molecular formula is C16H18N2O3. The maximum atomic E-state index is 11.8. The molecule has 5 heteroatoms. The summed E-state index contributed by atoms with van der Waals surface area (Å²) in [5.41, 5.74) is 2.19. The van der Waals surface area contributed by atoms with Crippen molar-refractivity contribution in [2.24, 2.45) is 0 Å². The summed E-state index contributed by atoms with van der Waals surface area (Å²) < 4.78 is 9.93. The molecule has 5 nitrogen and oxygen atoms in total. The van der Waals surface area contributed by atoms with Crippen molar-refractivity contribution < 1.29 is 14.3 Å². The van der Waals surface area contributed by atoms with Crippen molar-refractivity contribution in [3.8, 4) is 5.88 Å². The molecule has 0 aliphatic heterocycles. The van der Waals surface area contributed by atoms with Crippen LogP contribution in [0.3, 0.4) is 0 Å². The largest absolute Gasteiger partial charge is 0.481 e. The Bertz CT molecular complexity index is 628. The molecule has 2 rings (SSSR count). The number of aromatic nitrogens is 1. The minimum atomic E-state index is -0.351. The minimum absolute atomic E-state index is 0.351. The zero-order valence-corrected chi connectivity index (χ0v) is 12.4. The second-order valence-corrected chi connectivity index (χ2v) is 4.54. The van der Waals surface area contributed by atoms with E-state index >= 15 is 0 Å². The summed E-state index contributed by atoms with van der Waals surface area (Å²) >= 11 is 0. The molecule has 1 heterocycles. The molecule has 110 valence electrons. The monoisotopic (exact) mass is 286 g/mol. The minimum Gasteiger partial charge on any atom is -0.481 e. The van der Waals surface area contributed by atoms with Gasteiger partial charge < -0.3 is 14.4 Å². The molecule has 0 saturated carbocycles. The Balaban J connectivity index is 2.24. The topological polar surface area (TPSA) is 51.7 Å². The van der Waals surface area contributed by atoms with Gasteiger partial charge in [-0.15, -0.1) is 0 Å². The molecule has 0 amide bonds. The van der Waals surface area contributed by atoms with E-state index < -0.39 is 0 Å². The van der Waals surface area contributed by atoms with Crippen molar-refractivity contribution in [3.05, 3.63) is 53.7 Å². The lowest BCUT2D eigenvalue weighted by molar-refractivity contribution is 0.0601. The van der Waals surface area contributed by atoms with E-state index in [1.807, 2.05) is 42.3 Å². The second kappa shape index (κ2) is 6.74. The van der Waals surface area contributed by atoms with Crippen LogP contribution in [0.5, 0.6) is 5.88 Å². The summed E-state index contributed by atoms with van der Waals surface area (Å²) in [6.45, 7) is 0.561. The molecule has 0 aliphatic carbocycles. The van der Waals surface area contributed by atoms with Crippen molar-refractivity contribution in [2.75, 3.05) is 26.2 Å². The first-order chi connectivity index (χ1) is 10.2. The van der Waals surface area contributed by atoms with Gasteiger partial charge in [-0.05, 0) is 18.2 Å². The van der Waals surface area contributed by atoms with Crippen LogP contribution in [0, 0.1) is 0 Å². The van der Waals surface area contributed by atoms with Crippen LogP contribution in [0.2, 0.25) is 0 Å². The number of rotatable bonds is 5. The Morgan fingerprint density at radius 2 is 1.90 bits per heavy atom. The van der Waals surface area contributed by atoms with Crippen molar-refractivity contribution in [3.63, 3.8) is 0 Å². The molecule has 21 heavy (non-hydrogen) atoms. The lowest BCUT2D eigenvalue weighted by atomic mass is 10.1. The summed E-state index contributed by atoms with van der Waals surface area (Å²) in [5, 5.41) is 0. The summed E-state index contributed by atoms with van der Waals surface area (Å²) in [6.07, 6.45) is 0. The first-order valence-corrected chi connectivity index (χ1v) is 6.54. The fourth-order valence-electron chi connectivity index (χ4n) is 2.08. The number of anilines is 1. The third kappa shape index (κ3) is 3.51. The van der Waals surface area contributed by atoms with Gasteiger partial charge in [0.1, 0.15) is 0 Å². The maximum absolute atomic E-state index is 11.8. The lowest BCUT2D eigenvalue weighted by Gasteiger charge is -2.21. The summed E-state index contributed by atoms with van der Waals surface area (Å²) in [6, 6.07) is 12.9. The fourth-order valence-corrected chi connectivity index (χ4v) is 2.08. The van der Waals surface area contributed by atoms with Gasteiger partial charge in [-0.25, -0.2) is 9.78 Å². The number of methoxy groups -OCH3 is 2. The van der Waals surface area contributed by atoms with E-state index in [2.05, 4.69) is 4.98 Å². The van der Waals surface area contributed by atoms with Gasteiger partial charge in [-0.2, -0.15) is 0 Å². The molecule has 0 aliphatic rings. The van der Waals surface area contributed by atoms with Crippen LogP contribution in [0.15, 0.2) is 42.5 Å². The average molecular weight is 286 g/mol. The van der Waals surface area contributed by atoms with Crippen LogP contribution >= 0.6 is 0 Å². The van der Waals surface area contributed by atoms with Crippen LogP contribution in [0.25, 0.3) is 0 Å². The molecule has 0 spiro atoms. The molecule has 0 unspecified atom stereocenters. The molecule has 1 aromatic heterocycles. The Labute approximate surface area is 124 Å². The van der Waals surface area contributed by atoms with Gasteiger partial charge in [0.15, 0.2) is 0 Å². The standard InChI is InChI=1S/C16H18N2O3/c1-18(11-12-7-6-10-15(17-12)20-2)14-9-5-4-8-13(14)16(19)21-3/h4-10H,11H2,1-3H3. The van der Waals surface area contributed by atoms with E-state index in [-0.39, 0.29) is 5.97 Å². The highest BCUT2D eigenvalue weighted by Crippen LogP contribution is 2.21. The SMILES string of the molecule is COC(=O)c1ccccc1N(C)Cc1cccc(OC)n1. The maximum Gasteiger partial charge on any atom is 0.339 e. The second-order valence-electron chi connectivity index (χ2n) is 4.54. The molecule has 0 radical (unpaired) electrons. The van der Waals surface area contributed by atoms with E-state index in [0.717, 1.165) is 11.4 Å². The number of carbonyl (C=O) groups excluding carboxylic acids is 1. The van der Waals surface area contributed by atoms with Crippen LogP contribution in [-0.2, 0) is 11.3 Å². The Morgan fingerprint density at radius 3 is 2.62 bits per heavy atom. The first-order valence-electron chi connectivity index (χ1n) is 6.54. The summed E-state index contributed by atoms with van der Waals surface area (Å²) in [4.78, 5) is 18.1. The molecule has 0 N–H and O–H groups in total. The van der Waals surface area contributed by atoms with Crippen molar-refractivity contribution in [1.29, 1.82) is 0 Å². The fraction of sp³-hybridized carbons (Fsp3) is 0.250. The molecule has 0 atom stereocenters. The summed E-state index contributed by atoms with van der Waals surface area (Å²) in [7, 11) is 4.87. The zero-order valence-electron chi connectivity index (χ0n) is 12.4. The Kier molecular flexibility index (Phi) is 4.77. The summed E-state index contributed by atoms with van der Waals surface area (Å²) in [5.74, 6) is 0.221. The van der Waals surface area contributed by atoms with Crippen molar-refractivity contribution in [2.45, 2.75) is 6.54 Å². The van der Waals surface area contributed by atoms with Gasteiger partial charge in [0.05, 0.1) is 37.7 Å². The van der Waals surface area contributed by atoms with Crippen molar-refractivity contribution >= 4 is 11.7 Å². The predicted octanol–water partition coefficient (Wildman–Crippen LogP) is 2.51. The van der Waals surface area contributed by atoms with E-state index in [0.29, 0.717) is 18.0 Å². The third-order valence-corrected chi connectivity index (χ3v) is 3.11. The predicted molar refractivity (Wildman–Crippen MR) is 80.7 cm³/mol. The smallest absolute Gasteiger partial charge is 0.339 e. The highest BCUT2D eigenvalue weighted by Gasteiger charge is 2.14. The highest BCUT2D eigenvalue weighted by molar-refractivity contribution is 5.95. The number of ether oxygens (including phenoxy) is 2.